The molecule has 0 spiro atoms. The Labute approximate surface area is 300 Å². The Morgan fingerprint density at radius 1 is 0.959 bits per heavy atom. The Hall–Kier alpha value is -2.02. The number of fused-ring (bicyclic) bond motifs is 1. The van der Waals surface area contributed by atoms with Crippen LogP contribution in [0.25, 0.3) is 0 Å². The predicted molar refractivity (Wildman–Crippen MR) is 201 cm³/mol. The zero-order valence-corrected chi connectivity index (χ0v) is 33.0. The van der Waals surface area contributed by atoms with Crippen LogP contribution in [0.3, 0.4) is 0 Å². The molecule has 3 aliphatic rings. The summed E-state index contributed by atoms with van der Waals surface area (Å²) in [5.41, 5.74) is 3.38. The number of nitrogens with one attached hydrogen (secondary N) is 1. The van der Waals surface area contributed by atoms with Gasteiger partial charge in [-0.15, -0.1) is 0 Å². The average molecular weight is 687 g/mol. The van der Waals surface area contributed by atoms with E-state index in [-0.39, 0.29) is 35.7 Å². The van der Waals surface area contributed by atoms with E-state index in [2.05, 4.69) is 67.6 Å². The normalized spacial score (nSPS) is 26.9. The SMILES string of the molecule is CC[C@@H]1C[C@@H](O)CN1C(=O)CCCCCNC(=O)OC1C(C)=C2CC[C@@](C)(CCC[C@H](C)CCC[C@H](C)CCCC(C)C)OC2=C(C)[C@@H]1C. The highest BCUT2D eigenvalue weighted by atomic mass is 16.6. The van der Waals surface area contributed by atoms with Crippen LogP contribution < -0.4 is 5.32 Å². The summed E-state index contributed by atoms with van der Waals surface area (Å²) in [5, 5.41) is 12.9. The minimum Gasteiger partial charge on any atom is -0.487 e. The number of amides is 2. The molecule has 7 heteroatoms. The summed E-state index contributed by atoms with van der Waals surface area (Å²) in [6.07, 6.45) is 17.1. The molecular weight excluding hydrogens is 612 g/mol. The van der Waals surface area contributed by atoms with E-state index in [0.29, 0.717) is 25.9 Å². The number of hydrogen-bond donors (Lipinski definition) is 2. The summed E-state index contributed by atoms with van der Waals surface area (Å²) in [5.74, 6) is 3.67. The number of carbonyl (C=O) groups is 2. The molecule has 0 saturated carbocycles. The highest BCUT2D eigenvalue weighted by Crippen LogP contribution is 2.46. The molecule has 7 nitrogen and oxygen atoms in total. The number of ether oxygens (including phenoxy) is 2. The molecule has 2 heterocycles. The summed E-state index contributed by atoms with van der Waals surface area (Å²) in [6.45, 7) is 21.2. The molecule has 0 aromatic heterocycles. The Morgan fingerprint density at radius 3 is 2.27 bits per heavy atom. The van der Waals surface area contributed by atoms with Gasteiger partial charge in [0.2, 0.25) is 5.91 Å². The molecule has 2 amide bonds. The van der Waals surface area contributed by atoms with Crippen LogP contribution in [0.2, 0.25) is 0 Å². The lowest BCUT2D eigenvalue weighted by Gasteiger charge is -2.43. The number of allylic oxidation sites excluding steroid dienone is 1. The number of aliphatic hydroxyl groups is 1. The smallest absolute Gasteiger partial charge is 0.407 e. The van der Waals surface area contributed by atoms with Gasteiger partial charge in [0.15, 0.2) is 0 Å². The van der Waals surface area contributed by atoms with Gasteiger partial charge in [0.25, 0.3) is 0 Å². The zero-order chi connectivity index (χ0) is 36.1. The lowest BCUT2D eigenvalue weighted by atomic mass is 9.77. The van der Waals surface area contributed by atoms with E-state index in [0.717, 1.165) is 74.0 Å². The first kappa shape index (κ1) is 41.4. The highest BCUT2D eigenvalue weighted by molar-refractivity contribution is 5.76. The van der Waals surface area contributed by atoms with E-state index in [4.69, 9.17) is 9.47 Å². The van der Waals surface area contributed by atoms with Gasteiger partial charge in [-0.05, 0) is 107 Å². The monoisotopic (exact) mass is 687 g/mol. The first-order valence-corrected chi connectivity index (χ1v) is 20.3. The third kappa shape index (κ3) is 12.9. The Balaban J connectivity index is 1.36. The molecule has 2 saturated heterocycles. The van der Waals surface area contributed by atoms with Crippen LogP contribution in [0.15, 0.2) is 22.5 Å². The van der Waals surface area contributed by atoms with Gasteiger partial charge in [0.1, 0.15) is 17.5 Å². The van der Waals surface area contributed by atoms with E-state index < -0.39 is 6.10 Å². The molecule has 2 aliphatic heterocycles. The molecule has 0 radical (unpaired) electrons. The van der Waals surface area contributed by atoms with Crippen molar-refractivity contribution in [2.75, 3.05) is 13.1 Å². The van der Waals surface area contributed by atoms with Crippen LogP contribution in [0.4, 0.5) is 4.79 Å². The molecule has 2 fully saturated rings. The third-order valence-electron chi connectivity index (χ3n) is 12.0. The second-order valence-electron chi connectivity index (χ2n) is 16.9. The maximum absolute atomic E-state index is 12.8. The topological polar surface area (TPSA) is 88.1 Å². The number of alkyl carbamates (subject to hydrolysis) is 1. The minimum absolute atomic E-state index is 0.0571. The molecule has 1 unspecified atom stereocenters. The van der Waals surface area contributed by atoms with Crippen molar-refractivity contribution in [2.45, 2.75) is 195 Å². The summed E-state index contributed by atoms with van der Waals surface area (Å²) in [6, 6.07) is 0.163. The van der Waals surface area contributed by atoms with Crippen LogP contribution in [0.5, 0.6) is 0 Å². The number of hydrogen-bond acceptors (Lipinski definition) is 5. The van der Waals surface area contributed by atoms with E-state index in [1.54, 1.807) is 0 Å². The maximum Gasteiger partial charge on any atom is 0.407 e. The van der Waals surface area contributed by atoms with Crippen molar-refractivity contribution < 1.29 is 24.2 Å². The zero-order valence-electron chi connectivity index (χ0n) is 33.0. The lowest BCUT2D eigenvalue weighted by Crippen LogP contribution is -2.40. The first-order valence-electron chi connectivity index (χ1n) is 20.3. The van der Waals surface area contributed by atoms with Crippen molar-refractivity contribution in [1.82, 2.24) is 10.2 Å². The van der Waals surface area contributed by atoms with Crippen LogP contribution in [-0.4, -0.2) is 58.9 Å². The van der Waals surface area contributed by atoms with Gasteiger partial charge in [-0.25, -0.2) is 4.79 Å². The second-order valence-corrected chi connectivity index (χ2v) is 16.9. The molecule has 282 valence electrons. The number of aliphatic hydroxyl groups excluding tert-OH is 1. The number of carbonyl (C=O) groups excluding carboxylic acids is 2. The molecule has 0 aromatic carbocycles. The van der Waals surface area contributed by atoms with Crippen LogP contribution >= 0.6 is 0 Å². The van der Waals surface area contributed by atoms with Gasteiger partial charge >= 0.3 is 6.09 Å². The molecule has 2 N–H and O–H groups in total. The van der Waals surface area contributed by atoms with Gasteiger partial charge in [0, 0.05) is 31.5 Å². The summed E-state index contributed by atoms with van der Waals surface area (Å²) < 4.78 is 12.8. The first-order chi connectivity index (χ1) is 23.2. The van der Waals surface area contributed by atoms with E-state index >= 15 is 0 Å². The van der Waals surface area contributed by atoms with Crippen molar-refractivity contribution in [3.8, 4) is 0 Å². The van der Waals surface area contributed by atoms with Crippen LogP contribution in [-0.2, 0) is 14.3 Å². The van der Waals surface area contributed by atoms with Gasteiger partial charge in [-0.3, -0.25) is 4.79 Å². The number of unbranched alkanes of at least 4 members (excludes halogenated alkanes) is 2. The summed E-state index contributed by atoms with van der Waals surface area (Å²) >= 11 is 0. The predicted octanol–water partition coefficient (Wildman–Crippen LogP) is 10.3. The molecule has 7 atom stereocenters. The quantitative estimate of drug-likeness (QED) is 0.125. The van der Waals surface area contributed by atoms with Gasteiger partial charge in [-0.1, -0.05) is 92.9 Å². The average Bonchev–Trinajstić information content (AvgIpc) is 3.44. The number of rotatable bonds is 20. The molecule has 0 bridgehead atoms. The van der Waals surface area contributed by atoms with Crippen molar-refractivity contribution in [1.29, 1.82) is 0 Å². The Morgan fingerprint density at radius 2 is 1.61 bits per heavy atom. The minimum atomic E-state index is -0.395. The lowest BCUT2D eigenvalue weighted by molar-refractivity contribution is -0.132. The molecule has 49 heavy (non-hydrogen) atoms. The fourth-order valence-corrected chi connectivity index (χ4v) is 8.36. The van der Waals surface area contributed by atoms with Crippen LogP contribution in [0, 0.1) is 23.7 Å². The largest absolute Gasteiger partial charge is 0.487 e. The summed E-state index contributed by atoms with van der Waals surface area (Å²) in [7, 11) is 0. The van der Waals surface area contributed by atoms with Crippen molar-refractivity contribution in [3.05, 3.63) is 22.5 Å². The van der Waals surface area contributed by atoms with Gasteiger partial charge < -0.3 is 24.8 Å². The van der Waals surface area contributed by atoms with Gasteiger partial charge in [0.05, 0.1) is 6.10 Å². The van der Waals surface area contributed by atoms with E-state index in [1.807, 2.05) is 4.90 Å². The van der Waals surface area contributed by atoms with Crippen molar-refractivity contribution in [3.63, 3.8) is 0 Å². The molecule has 3 rings (SSSR count). The highest BCUT2D eigenvalue weighted by Gasteiger charge is 2.41. The number of β-amino-alcohol motifs (C(OH)–C–C–N with tert-alkyl or cyclic N) is 1. The van der Waals surface area contributed by atoms with Crippen molar-refractivity contribution in [2.24, 2.45) is 23.7 Å². The summed E-state index contributed by atoms with van der Waals surface area (Å²) in [4.78, 5) is 27.3. The molecule has 1 aliphatic carbocycles. The van der Waals surface area contributed by atoms with E-state index in [1.165, 1.54) is 62.5 Å². The standard InChI is InChI=1S/C42H74N2O5/c1-10-35-27-36(45)28-44(35)38(46)22-12-11-13-26-43-41(47)48-39-32(6)33(7)40-37(34(39)8)23-25-42(9,49-40)24-16-21-31(5)20-15-19-30(4)18-14-17-29(2)3/h29-32,35-36,39,45H,10-28H2,1-9H3,(H,43,47)/t30-,31-,32+,35-,36-,39?,42-/m1/s1. The third-order valence-corrected chi connectivity index (χ3v) is 12.0. The van der Waals surface area contributed by atoms with E-state index in [9.17, 15) is 14.7 Å². The fourth-order valence-electron chi connectivity index (χ4n) is 8.36. The number of likely N-dealkylation sites (tertiary alicyclic amines) is 1. The number of nitrogens with zero attached hydrogens (tertiary/aromatic N) is 1. The molecule has 0 aromatic rings. The second kappa shape index (κ2) is 20.1. The van der Waals surface area contributed by atoms with Gasteiger partial charge in [-0.2, -0.15) is 0 Å². The fraction of sp³-hybridized carbons (Fsp3) is 0.857. The van der Waals surface area contributed by atoms with Crippen molar-refractivity contribution >= 4 is 12.0 Å². The Kier molecular flexibility index (Phi) is 17.0. The Bertz CT molecular complexity index is 1110. The van der Waals surface area contributed by atoms with Crippen LogP contribution in [0.1, 0.15) is 171 Å². The molecular formula is C42H74N2O5. The maximum atomic E-state index is 12.8.